The number of benzene rings is 2. The zero-order valence-electron chi connectivity index (χ0n) is 18.7. The van der Waals surface area contributed by atoms with Crippen LogP contribution >= 0.6 is 11.6 Å². The maximum atomic E-state index is 14.9. The van der Waals surface area contributed by atoms with Crippen molar-refractivity contribution in [3.05, 3.63) is 58.7 Å². The van der Waals surface area contributed by atoms with E-state index in [1.54, 1.807) is 0 Å². The first-order valence-corrected chi connectivity index (χ1v) is 11.6. The minimum Gasteiger partial charge on any atom is -0.378 e. The lowest BCUT2D eigenvalue weighted by molar-refractivity contribution is -0.116. The van der Waals surface area contributed by atoms with Crippen LogP contribution in [0, 0.1) is 11.6 Å². The lowest BCUT2D eigenvalue weighted by Gasteiger charge is -2.30. The second kappa shape index (κ2) is 10.0. The van der Waals surface area contributed by atoms with Crippen LogP contribution in [0.5, 0.6) is 0 Å². The predicted molar refractivity (Wildman–Crippen MR) is 131 cm³/mol. The number of rotatable bonds is 5. The molecule has 3 heterocycles. The molecule has 0 spiro atoms. The van der Waals surface area contributed by atoms with Crippen LogP contribution in [0.1, 0.15) is 18.4 Å². The van der Waals surface area contributed by atoms with Crippen LogP contribution in [0.4, 0.5) is 43.3 Å². The van der Waals surface area contributed by atoms with E-state index in [0.29, 0.717) is 44.1 Å². The van der Waals surface area contributed by atoms with Crippen molar-refractivity contribution in [3.63, 3.8) is 0 Å². The van der Waals surface area contributed by atoms with E-state index in [9.17, 15) is 13.6 Å². The smallest absolute Gasteiger partial charge is 0.229 e. The van der Waals surface area contributed by atoms with Gasteiger partial charge in [0.05, 0.1) is 30.8 Å². The largest absolute Gasteiger partial charge is 0.378 e. The second-order valence-electron chi connectivity index (χ2n) is 8.29. The van der Waals surface area contributed by atoms with Gasteiger partial charge in [-0.15, -0.1) is 0 Å². The number of amides is 1. The second-order valence-corrected chi connectivity index (χ2v) is 8.70. The van der Waals surface area contributed by atoms with Crippen molar-refractivity contribution in [2.75, 3.05) is 47.2 Å². The molecular formula is C24H23ClF2N6O2. The standard InChI is InChI=1S/C24H23ClF2N6O2/c25-17-13-28-24(29-16-5-4-14-2-1-3-21(34)30-19(14)12-16)32-23(17)31-22-18(27)10-15(26)11-20(22)33-6-8-35-9-7-33/h4-5,10-13H,1-3,6-9H2,(H,30,34)(H2,28,29,31,32). The molecule has 0 bridgehead atoms. The molecule has 2 aliphatic heterocycles. The SMILES string of the molecule is O=C1CCCc2ccc(Nc3ncc(Cl)c(Nc4c(F)cc(F)cc4N4CCOCC4)n3)cc2N1. The van der Waals surface area contributed by atoms with Gasteiger partial charge in [-0.1, -0.05) is 17.7 Å². The van der Waals surface area contributed by atoms with Crippen molar-refractivity contribution in [2.45, 2.75) is 19.3 Å². The van der Waals surface area contributed by atoms with Crippen LogP contribution in [-0.4, -0.2) is 42.2 Å². The Bertz CT molecular complexity index is 1270. The Balaban J connectivity index is 1.42. The van der Waals surface area contributed by atoms with Gasteiger partial charge in [0.25, 0.3) is 0 Å². The average Bonchev–Trinajstić information content (AvgIpc) is 3.03. The van der Waals surface area contributed by atoms with Crippen LogP contribution in [0.25, 0.3) is 0 Å². The van der Waals surface area contributed by atoms with Crippen molar-refractivity contribution in [1.29, 1.82) is 0 Å². The molecule has 5 rings (SSSR count). The van der Waals surface area contributed by atoms with Gasteiger partial charge in [0.1, 0.15) is 10.8 Å². The normalized spacial score (nSPS) is 15.7. The fourth-order valence-corrected chi connectivity index (χ4v) is 4.28. The minimum absolute atomic E-state index is 0.0208. The molecule has 35 heavy (non-hydrogen) atoms. The van der Waals surface area contributed by atoms with Gasteiger partial charge < -0.3 is 25.6 Å². The summed E-state index contributed by atoms with van der Waals surface area (Å²) >= 11 is 6.31. The summed E-state index contributed by atoms with van der Waals surface area (Å²) in [4.78, 5) is 22.4. The van der Waals surface area contributed by atoms with Crippen LogP contribution in [-0.2, 0) is 16.0 Å². The average molecular weight is 501 g/mol. The van der Waals surface area contributed by atoms with E-state index in [4.69, 9.17) is 16.3 Å². The molecule has 2 aliphatic rings. The van der Waals surface area contributed by atoms with Crippen molar-refractivity contribution in [3.8, 4) is 0 Å². The maximum Gasteiger partial charge on any atom is 0.229 e. The Hall–Kier alpha value is -3.50. The number of halogens is 3. The van der Waals surface area contributed by atoms with E-state index in [0.717, 1.165) is 30.2 Å². The Kier molecular flexibility index (Phi) is 6.65. The van der Waals surface area contributed by atoms with E-state index >= 15 is 0 Å². The van der Waals surface area contributed by atoms with Gasteiger partial charge in [-0.2, -0.15) is 4.98 Å². The molecule has 3 N–H and O–H groups in total. The van der Waals surface area contributed by atoms with Crippen LogP contribution in [0.2, 0.25) is 5.02 Å². The number of aryl methyl sites for hydroxylation is 1. The van der Waals surface area contributed by atoms with Crippen molar-refractivity contribution in [1.82, 2.24) is 9.97 Å². The number of carbonyl (C=O) groups excluding carboxylic acids is 1. The summed E-state index contributed by atoms with van der Waals surface area (Å²) in [6.45, 7) is 1.91. The highest BCUT2D eigenvalue weighted by molar-refractivity contribution is 6.33. The van der Waals surface area contributed by atoms with Crippen molar-refractivity contribution in [2.24, 2.45) is 0 Å². The van der Waals surface area contributed by atoms with Gasteiger partial charge in [-0.25, -0.2) is 13.8 Å². The lowest BCUT2D eigenvalue weighted by Crippen LogP contribution is -2.36. The molecule has 1 aromatic heterocycles. The van der Waals surface area contributed by atoms with Gasteiger partial charge >= 0.3 is 0 Å². The molecule has 3 aromatic rings. The molecule has 0 saturated carbocycles. The summed E-state index contributed by atoms with van der Waals surface area (Å²) in [5.41, 5.74) is 2.89. The Labute approximate surface area is 205 Å². The molecule has 0 unspecified atom stereocenters. The zero-order chi connectivity index (χ0) is 24.4. The first-order valence-electron chi connectivity index (χ1n) is 11.3. The number of morpholine rings is 1. The fourth-order valence-electron chi connectivity index (χ4n) is 4.14. The highest BCUT2D eigenvalue weighted by atomic mass is 35.5. The summed E-state index contributed by atoms with van der Waals surface area (Å²) in [6, 6.07) is 7.72. The van der Waals surface area contributed by atoms with Gasteiger partial charge in [0, 0.05) is 37.0 Å². The topological polar surface area (TPSA) is 91.4 Å². The van der Waals surface area contributed by atoms with E-state index in [1.807, 2.05) is 23.1 Å². The predicted octanol–water partition coefficient (Wildman–Crippen LogP) is 5.01. The number of ether oxygens (including phenoxy) is 1. The summed E-state index contributed by atoms with van der Waals surface area (Å²) < 4.78 is 34.3. The third-order valence-electron chi connectivity index (χ3n) is 5.86. The summed E-state index contributed by atoms with van der Waals surface area (Å²) in [5, 5.41) is 9.09. The highest BCUT2D eigenvalue weighted by Crippen LogP contribution is 2.35. The van der Waals surface area contributed by atoms with E-state index < -0.39 is 11.6 Å². The number of hydrogen-bond acceptors (Lipinski definition) is 7. The van der Waals surface area contributed by atoms with Crippen molar-refractivity contribution < 1.29 is 18.3 Å². The number of anilines is 6. The molecule has 0 atom stereocenters. The highest BCUT2D eigenvalue weighted by Gasteiger charge is 2.21. The van der Waals surface area contributed by atoms with Gasteiger partial charge in [0.2, 0.25) is 11.9 Å². The molecule has 0 aliphatic carbocycles. The Morgan fingerprint density at radius 3 is 2.74 bits per heavy atom. The maximum absolute atomic E-state index is 14.9. The molecule has 11 heteroatoms. The summed E-state index contributed by atoms with van der Waals surface area (Å²) in [6.07, 6.45) is 3.49. The summed E-state index contributed by atoms with van der Waals surface area (Å²) in [7, 11) is 0. The number of aromatic nitrogens is 2. The van der Waals surface area contributed by atoms with E-state index in [1.165, 1.54) is 12.3 Å². The van der Waals surface area contributed by atoms with Gasteiger partial charge in [-0.05, 0) is 36.6 Å². The minimum atomic E-state index is -0.767. The first-order chi connectivity index (χ1) is 17.0. The number of fused-ring (bicyclic) bond motifs is 1. The molecule has 2 aromatic carbocycles. The number of nitrogens with zero attached hydrogens (tertiary/aromatic N) is 3. The first kappa shape index (κ1) is 23.3. The van der Waals surface area contributed by atoms with E-state index in [2.05, 4.69) is 25.9 Å². The quantitative estimate of drug-likeness (QED) is 0.453. The molecule has 1 amide bonds. The monoisotopic (exact) mass is 500 g/mol. The van der Waals surface area contributed by atoms with Crippen LogP contribution < -0.4 is 20.9 Å². The summed E-state index contributed by atoms with van der Waals surface area (Å²) in [5.74, 6) is -1.09. The van der Waals surface area contributed by atoms with Crippen LogP contribution in [0.15, 0.2) is 36.5 Å². The van der Waals surface area contributed by atoms with Gasteiger partial charge in [-0.3, -0.25) is 4.79 Å². The molecule has 0 radical (unpaired) electrons. The molecule has 182 valence electrons. The van der Waals surface area contributed by atoms with E-state index in [-0.39, 0.29) is 28.4 Å². The molecular weight excluding hydrogens is 478 g/mol. The van der Waals surface area contributed by atoms with Crippen LogP contribution in [0.3, 0.4) is 0 Å². The number of nitrogens with one attached hydrogen (secondary N) is 3. The number of carbonyl (C=O) groups is 1. The number of hydrogen-bond donors (Lipinski definition) is 3. The third kappa shape index (κ3) is 5.28. The zero-order valence-corrected chi connectivity index (χ0v) is 19.5. The van der Waals surface area contributed by atoms with Gasteiger partial charge in [0.15, 0.2) is 11.6 Å². The Morgan fingerprint density at radius 2 is 1.91 bits per heavy atom. The lowest BCUT2D eigenvalue weighted by atomic mass is 10.1. The Morgan fingerprint density at radius 1 is 1.09 bits per heavy atom. The van der Waals surface area contributed by atoms with Crippen molar-refractivity contribution >= 4 is 52.0 Å². The molecule has 1 saturated heterocycles. The molecule has 8 nitrogen and oxygen atoms in total. The fraction of sp³-hybridized carbons (Fsp3) is 0.292. The molecule has 1 fully saturated rings. The third-order valence-corrected chi connectivity index (χ3v) is 6.14.